The molecule has 11 heavy (non-hydrogen) atoms. The Labute approximate surface area is 62.8 Å². The lowest BCUT2D eigenvalue weighted by atomic mass is 10.3. The minimum absolute atomic E-state index is 0.0315. The standard InChI is InChI=1S/C7H4F2O2/c8-7(9)10-5-3-1-2-4-6(5)11-7/h1-4H/i1D. The third kappa shape index (κ3) is 1.00. The van der Waals surface area contributed by atoms with Crippen molar-refractivity contribution in [2.24, 2.45) is 0 Å². The molecule has 0 amide bonds. The summed E-state index contributed by atoms with van der Waals surface area (Å²) in [6.45, 7) is 0. The highest BCUT2D eigenvalue weighted by atomic mass is 19.3. The van der Waals surface area contributed by atoms with Crippen LogP contribution in [0.2, 0.25) is 0 Å². The number of fused-ring (bicyclic) bond motifs is 1. The first kappa shape index (κ1) is 5.35. The molecule has 1 aliphatic heterocycles. The van der Waals surface area contributed by atoms with Gasteiger partial charge in [-0.3, -0.25) is 0 Å². The number of para-hydroxylation sites is 2. The Morgan fingerprint density at radius 1 is 1.27 bits per heavy atom. The molecule has 0 unspecified atom stereocenters. The van der Waals surface area contributed by atoms with Gasteiger partial charge in [-0.2, -0.15) is 0 Å². The Morgan fingerprint density at radius 3 is 2.64 bits per heavy atom. The lowest BCUT2D eigenvalue weighted by Gasteiger charge is -2.04. The van der Waals surface area contributed by atoms with Crippen LogP contribution in [0.15, 0.2) is 24.2 Å². The van der Waals surface area contributed by atoms with Crippen LogP contribution in [-0.4, -0.2) is 6.29 Å². The van der Waals surface area contributed by atoms with E-state index in [0.29, 0.717) is 0 Å². The van der Waals surface area contributed by atoms with Crippen molar-refractivity contribution < 1.29 is 19.6 Å². The van der Waals surface area contributed by atoms with Gasteiger partial charge >= 0.3 is 6.29 Å². The zero-order valence-corrected chi connectivity index (χ0v) is 5.30. The van der Waals surface area contributed by atoms with Crippen LogP contribution >= 0.6 is 0 Å². The summed E-state index contributed by atoms with van der Waals surface area (Å²) in [4.78, 5) is 0. The van der Waals surface area contributed by atoms with E-state index in [1.807, 2.05) is 0 Å². The second-order valence-corrected chi connectivity index (χ2v) is 2.04. The topological polar surface area (TPSA) is 18.5 Å². The van der Waals surface area contributed by atoms with E-state index >= 15 is 0 Å². The molecular weight excluding hydrogens is 154 g/mol. The summed E-state index contributed by atoms with van der Waals surface area (Å²) in [5, 5.41) is 0. The van der Waals surface area contributed by atoms with E-state index in [9.17, 15) is 8.78 Å². The zero-order valence-electron chi connectivity index (χ0n) is 6.30. The van der Waals surface area contributed by atoms with Crippen molar-refractivity contribution >= 4 is 0 Å². The number of benzene rings is 1. The number of hydrogen-bond donors (Lipinski definition) is 0. The minimum Gasteiger partial charge on any atom is -0.395 e. The van der Waals surface area contributed by atoms with E-state index < -0.39 is 6.29 Å². The first-order valence-electron chi connectivity index (χ1n) is 3.43. The lowest BCUT2D eigenvalue weighted by Crippen LogP contribution is -2.25. The average molecular weight is 159 g/mol. The number of ether oxygens (including phenoxy) is 2. The van der Waals surface area contributed by atoms with Crippen LogP contribution in [0.5, 0.6) is 11.5 Å². The fourth-order valence-electron chi connectivity index (χ4n) is 0.842. The molecule has 0 saturated heterocycles. The van der Waals surface area contributed by atoms with Gasteiger partial charge in [-0.05, 0) is 12.1 Å². The first-order valence-corrected chi connectivity index (χ1v) is 2.93. The molecule has 0 N–H and O–H groups in total. The Morgan fingerprint density at radius 2 is 1.91 bits per heavy atom. The van der Waals surface area contributed by atoms with Gasteiger partial charge in [0.25, 0.3) is 0 Å². The van der Waals surface area contributed by atoms with E-state index in [0.717, 1.165) is 0 Å². The number of alkyl halides is 2. The van der Waals surface area contributed by atoms with Crippen molar-refractivity contribution in [1.29, 1.82) is 0 Å². The van der Waals surface area contributed by atoms with E-state index in [-0.39, 0.29) is 17.5 Å². The van der Waals surface area contributed by atoms with Crippen molar-refractivity contribution in [3.05, 3.63) is 24.2 Å². The van der Waals surface area contributed by atoms with Gasteiger partial charge in [-0.25, -0.2) is 0 Å². The highest BCUT2D eigenvalue weighted by Gasteiger charge is 2.42. The molecule has 0 radical (unpaired) electrons. The van der Waals surface area contributed by atoms with Gasteiger partial charge in [0.2, 0.25) is 0 Å². The summed E-state index contributed by atoms with van der Waals surface area (Å²) in [5.41, 5.74) is 0. The number of halogens is 2. The monoisotopic (exact) mass is 159 g/mol. The predicted octanol–water partition coefficient (Wildman–Crippen LogP) is 2.01. The SMILES string of the molecule is [2H]c1ccc2c(c1)OC(F)(F)O2. The van der Waals surface area contributed by atoms with Gasteiger partial charge in [0.05, 0.1) is 1.37 Å². The van der Waals surface area contributed by atoms with Gasteiger partial charge in [0, 0.05) is 0 Å². The van der Waals surface area contributed by atoms with Crippen LogP contribution in [0.4, 0.5) is 8.78 Å². The summed E-state index contributed by atoms with van der Waals surface area (Å²) in [6, 6.07) is 3.91. The molecule has 0 atom stereocenters. The summed E-state index contributed by atoms with van der Waals surface area (Å²) in [5.74, 6) is -0.122. The van der Waals surface area contributed by atoms with Gasteiger partial charge < -0.3 is 9.47 Å². The predicted molar refractivity (Wildman–Crippen MR) is 32.6 cm³/mol. The van der Waals surface area contributed by atoms with E-state index in [2.05, 4.69) is 9.47 Å². The van der Waals surface area contributed by atoms with Gasteiger partial charge in [0.15, 0.2) is 11.5 Å². The van der Waals surface area contributed by atoms with Crippen molar-refractivity contribution in [2.75, 3.05) is 0 Å². The molecule has 2 rings (SSSR count). The first-order chi connectivity index (χ1) is 5.57. The van der Waals surface area contributed by atoms with Crippen molar-refractivity contribution in [3.8, 4) is 11.5 Å². The molecule has 0 saturated carbocycles. The third-order valence-corrected chi connectivity index (χ3v) is 1.25. The second kappa shape index (κ2) is 1.84. The molecule has 1 aromatic rings. The molecule has 0 spiro atoms. The van der Waals surface area contributed by atoms with Crippen molar-refractivity contribution in [3.63, 3.8) is 0 Å². The molecule has 0 fully saturated rings. The minimum atomic E-state index is -3.59. The Balaban J connectivity index is 2.43. The van der Waals surface area contributed by atoms with Crippen molar-refractivity contribution in [1.82, 2.24) is 0 Å². The fourth-order valence-corrected chi connectivity index (χ4v) is 0.842. The molecule has 0 aromatic heterocycles. The fraction of sp³-hybridized carbons (Fsp3) is 0.143. The maximum absolute atomic E-state index is 12.4. The average Bonchev–Trinajstić information content (AvgIpc) is 2.21. The molecule has 0 bridgehead atoms. The van der Waals surface area contributed by atoms with Crippen molar-refractivity contribution in [2.45, 2.75) is 6.29 Å². The van der Waals surface area contributed by atoms with Crippen LogP contribution < -0.4 is 9.47 Å². The molecule has 4 heteroatoms. The van der Waals surface area contributed by atoms with Gasteiger partial charge in [-0.1, -0.05) is 12.1 Å². The zero-order chi connectivity index (χ0) is 8.77. The summed E-state index contributed by atoms with van der Waals surface area (Å²) in [7, 11) is 0. The van der Waals surface area contributed by atoms with E-state index in [4.69, 9.17) is 1.37 Å². The molecule has 0 aliphatic carbocycles. The maximum Gasteiger partial charge on any atom is 0.586 e. The van der Waals surface area contributed by atoms with Crippen LogP contribution in [0.1, 0.15) is 1.37 Å². The molecular formula is C7H4F2O2. The van der Waals surface area contributed by atoms with Crippen LogP contribution in [0.25, 0.3) is 0 Å². The van der Waals surface area contributed by atoms with E-state index in [1.165, 1.54) is 18.2 Å². The molecule has 1 aromatic carbocycles. The van der Waals surface area contributed by atoms with Crippen LogP contribution in [0, 0.1) is 0 Å². The maximum atomic E-state index is 12.4. The Kier molecular flexibility index (Phi) is 0.894. The smallest absolute Gasteiger partial charge is 0.395 e. The Hall–Kier alpha value is -1.32. The lowest BCUT2D eigenvalue weighted by molar-refractivity contribution is -0.286. The quantitative estimate of drug-likeness (QED) is 0.576. The summed E-state index contributed by atoms with van der Waals surface area (Å²) < 4.78 is 40.0. The highest BCUT2D eigenvalue weighted by Crippen LogP contribution is 2.39. The third-order valence-electron chi connectivity index (χ3n) is 1.25. The van der Waals surface area contributed by atoms with Gasteiger partial charge in [-0.15, -0.1) is 8.78 Å². The normalized spacial score (nSPS) is 19.6. The molecule has 58 valence electrons. The Bertz CT molecular complexity index is 327. The van der Waals surface area contributed by atoms with Crippen LogP contribution in [-0.2, 0) is 0 Å². The summed E-state index contributed by atoms with van der Waals surface area (Å²) in [6.07, 6.45) is -3.59. The second-order valence-electron chi connectivity index (χ2n) is 2.04. The molecule has 1 aliphatic rings. The molecule has 2 nitrogen and oxygen atoms in total. The van der Waals surface area contributed by atoms with Gasteiger partial charge in [0.1, 0.15) is 0 Å². The molecule has 1 heterocycles. The number of hydrogen-bond acceptors (Lipinski definition) is 2. The highest BCUT2D eigenvalue weighted by molar-refractivity contribution is 5.41. The largest absolute Gasteiger partial charge is 0.586 e. The van der Waals surface area contributed by atoms with E-state index in [1.54, 1.807) is 0 Å². The number of rotatable bonds is 0. The van der Waals surface area contributed by atoms with Crippen LogP contribution in [0.3, 0.4) is 0 Å². The summed E-state index contributed by atoms with van der Waals surface area (Å²) >= 11 is 0.